The molecule has 0 unspecified atom stereocenters. The number of aryl methyl sites for hydroxylation is 1. The zero-order chi connectivity index (χ0) is 19.0. The van der Waals surface area contributed by atoms with Crippen LogP contribution in [-0.2, 0) is 4.79 Å². The number of nitriles is 1. The fraction of sp³-hybridized carbons (Fsp3) is 0.0952. The molecule has 0 aliphatic heterocycles. The molecule has 0 atom stereocenters. The first kappa shape index (κ1) is 17.1. The van der Waals surface area contributed by atoms with Crippen LogP contribution < -0.4 is 5.32 Å². The number of pyridine rings is 1. The highest BCUT2D eigenvalue weighted by molar-refractivity contribution is 7.99. The lowest BCUT2D eigenvalue weighted by molar-refractivity contribution is -0.114. The van der Waals surface area contributed by atoms with Gasteiger partial charge in [-0.25, -0.2) is 4.98 Å². The van der Waals surface area contributed by atoms with Crippen LogP contribution in [0.2, 0.25) is 0 Å². The fourth-order valence-corrected chi connectivity index (χ4v) is 4.08. The normalized spacial score (nSPS) is 10.9. The molecule has 27 heavy (non-hydrogen) atoms. The number of imidazole rings is 1. The van der Waals surface area contributed by atoms with Gasteiger partial charge in [-0.1, -0.05) is 23.9 Å². The minimum absolute atomic E-state index is 0.0929. The van der Waals surface area contributed by atoms with E-state index < -0.39 is 0 Å². The van der Waals surface area contributed by atoms with Gasteiger partial charge in [0.2, 0.25) is 5.91 Å². The Hall–Kier alpha value is -3.30. The number of fused-ring (bicyclic) bond motifs is 3. The molecule has 0 aliphatic rings. The van der Waals surface area contributed by atoms with Crippen molar-refractivity contribution in [2.75, 3.05) is 5.32 Å². The second-order valence-corrected chi connectivity index (χ2v) is 7.31. The SMILES string of the molecule is CC(=O)Nc1ccc(Sc2cc(C)c(C#N)c3nc4ccccc4n23)cc1. The van der Waals surface area contributed by atoms with Crippen LogP contribution in [0.25, 0.3) is 16.7 Å². The number of aromatic nitrogens is 2. The number of carbonyl (C=O) groups is 1. The molecule has 2 heterocycles. The summed E-state index contributed by atoms with van der Waals surface area (Å²) in [4.78, 5) is 16.9. The number of rotatable bonds is 3. The van der Waals surface area contributed by atoms with Gasteiger partial charge in [0.05, 0.1) is 21.6 Å². The topological polar surface area (TPSA) is 70.2 Å². The van der Waals surface area contributed by atoms with Gasteiger partial charge in [-0.3, -0.25) is 9.20 Å². The summed E-state index contributed by atoms with van der Waals surface area (Å²) < 4.78 is 2.04. The monoisotopic (exact) mass is 372 g/mol. The average molecular weight is 372 g/mol. The number of anilines is 1. The maximum absolute atomic E-state index is 11.2. The van der Waals surface area contributed by atoms with Crippen LogP contribution in [0.5, 0.6) is 0 Å². The number of carbonyl (C=O) groups excluding carboxylic acids is 1. The van der Waals surface area contributed by atoms with E-state index in [0.717, 1.165) is 32.2 Å². The molecule has 0 bridgehead atoms. The lowest BCUT2D eigenvalue weighted by Crippen LogP contribution is -2.05. The first-order chi connectivity index (χ1) is 13.1. The Bertz CT molecular complexity index is 1220. The van der Waals surface area contributed by atoms with Gasteiger partial charge in [0.1, 0.15) is 6.07 Å². The van der Waals surface area contributed by atoms with E-state index in [1.54, 1.807) is 11.8 Å². The van der Waals surface area contributed by atoms with E-state index in [9.17, 15) is 10.1 Å². The highest BCUT2D eigenvalue weighted by Crippen LogP contribution is 2.33. The lowest BCUT2D eigenvalue weighted by atomic mass is 10.2. The third-order valence-corrected chi connectivity index (χ3v) is 5.27. The van der Waals surface area contributed by atoms with E-state index >= 15 is 0 Å². The van der Waals surface area contributed by atoms with E-state index in [1.807, 2.05) is 65.9 Å². The van der Waals surface area contributed by atoms with E-state index in [-0.39, 0.29) is 5.91 Å². The van der Waals surface area contributed by atoms with Gasteiger partial charge in [0.15, 0.2) is 5.65 Å². The number of para-hydroxylation sites is 2. The highest BCUT2D eigenvalue weighted by Gasteiger charge is 2.15. The molecule has 2 aromatic carbocycles. The molecular formula is C21H16N4OS. The predicted octanol–water partition coefficient (Wildman–Crippen LogP) is 4.78. The molecule has 0 saturated heterocycles. The molecule has 0 radical (unpaired) electrons. The number of hydrogen-bond acceptors (Lipinski definition) is 4. The van der Waals surface area contributed by atoms with E-state index in [4.69, 9.17) is 0 Å². The molecule has 5 nitrogen and oxygen atoms in total. The molecule has 0 fully saturated rings. The van der Waals surface area contributed by atoms with Crippen molar-refractivity contribution in [2.45, 2.75) is 23.8 Å². The average Bonchev–Trinajstić information content (AvgIpc) is 3.02. The van der Waals surface area contributed by atoms with Gasteiger partial charge >= 0.3 is 0 Å². The Balaban J connectivity index is 1.84. The fourth-order valence-electron chi connectivity index (χ4n) is 3.06. The van der Waals surface area contributed by atoms with Crippen molar-refractivity contribution >= 4 is 40.0 Å². The number of hydrogen-bond donors (Lipinski definition) is 1. The third kappa shape index (κ3) is 3.14. The molecule has 1 amide bonds. The first-order valence-corrected chi connectivity index (χ1v) is 9.25. The summed E-state index contributed by atoms with van der Waals surface area (Å²) >= 11 is 1.60. The van der Waals surface area contributed by atoms with Crippen molar-refractivity contribution < 1.29 is 4.79 Å². The van der Waals surface area contributed by atoms with Gasteiger partial charge in [-0.05, 0) is 55.0 Å². The van der Waals surface area contributed by atoms with Crippen molar-refractivity contribution in [1.29, 1.82) is 5.26 Å². The second kappa shape index (κ2) is 6.78. The molecule has 4 rings (SSSR count). The summed E-state index contributed by atoms with van der Waals surface area (Å²) in [5.74, 6) is -0.0929. The maximum Gasteiger partial charge on any atom is 0.221 e. The van der Waals surface area contributed by atoms with E-state index in [0.29, 0.717) is 11.2 Å². The maximum atomic E-state index is 11.2. The largest absolute Gasteiger partial charge is 0.326 e. The van der Waals surface area contributed by atoms with Crippen LogP contribution in [-0.4, -0.2) is 15.3 Å². The lowest BCUT2D eigenvalue weighted by Gasteiger charge is -2.10. The highest BCUT2D eigenvalue weighted by atomic mass is 32.2. The number of amides is 1. The molecule has 1 N–H and O–H groups in total. The van der Waals surface area contributed by atoms with Gasteiger partial charge in [-0.2, -0.15) is 5.26 Å². The summed E-state index contributed by atoms with van der Waals surface area (Å²) in [5.41, 5.74) is 4.77. The summed E-state index contributed by atoms with van der Waals surface area (Å²) in [6, 6.07) is 19.9. The van der Waals surface area contributed by atoms with Gasteiger partial charge in [0.25, 0.3) is 0 Å². The zero-order valence-electron chi connectivity index (χ0n) is 14.9. The van der Waals surface area contributed by atoms with Crippen molar-refractivity contribution in [1.82, 2.24) is 9.38 Å². The van der Waals surface area contributed by atoms with Crippen LogP contribution in [0.1, 0.15) is 18.1 Å². The molecule has 0 saturated carbocycles. The van der Waals surface area contributed by atoms with Gasteiger partial charge < -0.3 is 5.32 Å². The smallest absolute Gasteiger partial charge is 0.221 e. The number of nitrogens with zero attached hydrogens (tertiary/aromatic N) is 3. The third-order valence-electron chi connectivity index (χ3n) is 4.25. The van der Waals surface area contributed by atoms with Crippen molar-refractivity contribution in [3.8, 4) is 6.07 Å². The van der Waals surface area contributed by atoms with Crippen LogP contribution in [0.4, 0.5) is 5.69 Å². The Morgan fingerprint density at radius 1 is 1.19 bits per heavy atom. The quantitative estimate of drug-likeness (QED) is 0.562. The standard InChI is InChI=1S/C21H16N4OS/c1-13-11-20(27-16-9-7-15(8-10-16)23-14(2)26)25-19-6-4-3-5-18(19)24-21(25)17(13)12-22/h3-11H,1-2H3,(H,23,26). The summed E-state index contributed by atoms with van der Waals surface area (Å²) in [6.07, 6.45) is 0. The van der Waals surface area contributed by atoms with Crippen LogP contribution >= 0.6 is 11.8 Å². The second-order valence-electron chi connectivity index (χ2n) is 6.22. The predicted molar refractivity (Wildman–Crippen MR) is 107 cm³/mol. The van der Waals surface area contributed by atoms with E-state index in [2.05, 4.69) is 16.4 Å². The molecular weight excluding hydrogens is 356 g/mol. The van der Waals surface area contributed by atoms with Crippen molar-refractivity contribution in [3.05, 3.63) is 65.7 Å². The zero-order valence-corrected chi connectivity index (χ0v) is 15.7. The molecule has 0 spiro atoms. The van der Waals surface area contributed by atoms with Gasteiger partial charge in [-0.15, -0.1) is 0 Å². The minimum atomic E-state index is -0.0929. The Labute approximate surface area is 160 Å². The Morgan fingerprint density at radius 3 is 2.63 bits per heavy atom. The van der Waals surface area contributed by atoms with Gasteiger partial charge in [0, 0.05) is 17.5 Å². The number of benzene rings is 2. The van der Waals surface area contributed by atoms with E-state index in [1.165, 1.54) is 6.92 Å². The molecule has 132 valence electrons. The molecule has 6 heteroatoms. The minimum Gasteiger partial charge on any atom is -0.326 e. The first-order valence-electron chi connectivity index (χ1n) is 8.43. The van der Waals surface area contributed by atoms with Crippen LogP contribution in [0, 0.1) is 18.3 Å². The molecule has 4 aromatic rings. The Kier molecular flexibility index (Phi) is 4.30. The summed E-state index contributed by atoms with van der Waals surface area (Å²) in [6.45, 7) is 3.42. The summed E-state index contributed by atoms with van der Waals surface area (Å²) in [5, 5.41) is 13.3. The Morgan fingerprint density at radius 2 is 1.93 bits per heavy atom. The van der Waals surface area contributed by atoms with Crippen molar-refractivity contribution in [3.63, 3.8) is 0 Å². The molecule has 2 aromatic heterocycles. The summed E-state index contributed by atoms with van der Waals surface area (Å²) in [7, 11) is 0. The number of nitrogens with one attached hydrogen (secondary N) is 1. The van der Waals surface area contributed by atoms with Crippen molar-refractivity contribution in [2.24, 2.45) is 0 Å². The van der Waals surface area contributed by atoms with Crippen LogP contribution in [0.3, 0.4) is 0 Å². The molecule has 0 aliphatic carbocycles. The van der Waals surface area contributed by atoms with Crippen LogP contribution in [0.15, 0.2) is 64.5 Å².